The van der Waals surface area contributed by atoms with Gasteiger partial charge in [0, 0.05) is 6.04 Å². The Morgan fingerprint density at radius 2 is 1.76 bits per heavy atom. The lowest BCUT2D eigenvalue weighted by Crippen LogP contribution is -2.34. The van der Waals surface area contributed by atoms with E-state index < -0.39 is 5.97 Å². The second-order valence-corrected chi connectivity index (χ2v) is 6.05. The molecule has 118 valence electrons. The SMILES string of the molecule is CCCCNC(CC(=O)O)Cc1c(C)c(C)cc(C)c1C. The van der Waals surface area contributed by atoms with Gasteiger partial charge in [0.1, 0.15) is 0 Å². The van der Waals surface area contributed by atoms with Crippen molar-refractivity contribution in [1.29, 1.82) is 0 Å². The summed E-state index contributed by atoms with van der Waals surface area (Å²) in [5, 5.41) is 12.5. The van der Waals surface area contributed by atoms with Crippen molar-refractivity contribution in [2.75, 3.05) is 6.54 Å². The fourth-order valence-corrected chi connectivity index (χ4v) is 2.76. The van der Waals surface area contributed by atoms with Crippen LogP contribution in [0, 0.1) is 27.7 Å². The fraction of sp³-hybridized carbons (Fsp3) is 0.611. The van der Waals surface area contributed by atoms with Crippen LogP contribution in [0.1, 0.15) is 54.0 Å². The summed E-state index contributed by atoms with van der Waals surface area (Å²) in [4.78, 5) is 11.1. The van der Waals surface area contributed by atoms with E-state index in [0.717, 1.165) is 25.8 Å². The second kappa shape index (κ2) is 8.18. The molecule has 0 radical (unpaired) electrons. The summed E-state index contributed by atoms with van der Waals surface area (Å²) in [5.74, 6) is -0.733. The maximum absolute atomic E-state index is 11.1. The summed E-state index contributed by atoms with van der Waals surface area (Å²) < 4.78 is 0. The summed E-state index contributed by atoms with van der Waals surface area (Å²) in [7, 11) is 0. The van der Waals surface area contributed by atoms with E-state index >= 15 is 0 Å². The first-order valence-electron chi connectivity index (χ1n) is 7.88. The molecule has 3 nitrogen and oxygen atoms in total. The average molecular weight is 291 g/mol. The molecule has 0 heterocycles. The van der Waals surface area contributed by atoms with Crippen LogP contribution in [0.2, 0.25) is 0 Å². The van der Waals surface area contributed by atoms with Gasteiger partial charge in [0.05, 0.1) is 6.42 Å². The molecular formula is C18H29NO2. The lowest BCUT2D eigenvalue weighted by molar-refractivity contribution is -0.137. The first kappa shape index (κ1) is 17.7. The van der Waals surface area contributed by atoms with Gasteiger partial charge < -0.3 is 10.4 Å². The summed E-state index contributed by atoms with van der Waals surface area (Å²) in [6.45, 7) is 11.6. The van der Waals surface area contributed by atoms with E-state index in [-0.39, 0.29) is 12.5 Å². The number of nitrogens with one attached hydrogen (secondary N) is 1. The minimum Gasteiger partial charge on any atom is -0.481 e. The van der Waals surface area contributed by atoms with Crippen LogP contribution in [0.4, 0.5) is 0 Å². The predicted molar refractivity (Wildman–Crippen MR) is 88.0 cm³/mol. The van der Waals surface area contributed by atoms with E-state index in [1.165, 1.54) is 27.8 Å². The number of hydrogen-bond acceptors (Lipinski definition) is 2. The van der Waals surface area contributed by atoms with Gasteiger partial charge in [0.2, 0.25) is 0 Å². The van der Waals surface area contributed by atoms with E-state index in [9.17, 15) is 4.79 Å². The van der Waals surface area contributed by atoms with Gasteiger partial charge in [-0.25, -0.2) is 0 Å². The molecule has 0 aromatic heterocycles. The maximum atomic E-state index is 11.1. The topological polar surface area (TPSA) is 49.3 Å². The third-order valence-electron chi connectivity index (χ3n) is 4.36. The van der Waals surface area contributed by atoms with Gasteiger partial charge in [-0.2, -0.15) is 0 Å². The summed E-state index contributed by atoms with van der Waals surface area (Å²) in [6.07, 6.45) is 3.17. The highest BCUT2D eigenvalue weighted by Crippen LogP contribution is 2.23. The highest BCUT2D eigenvalue weighted by Gasteiger charge is 2.17. The molecule has 1 rings (SSSR count). The van der Waals surface area contributed by atoms with Gasteiger partial charge in [-0.3, -0.25) is 4.79 Å². The Morgan fingerprint density at radius 1 is 1.19 bits per heavy atom. The Kier molecular flexibility index (Phi) is 6.90. The standard InChI is InChI=1S/C18H29NO2/c1-6-7-8-19-16(11-18(20)21)10-17-14(4)12(2)9-13(3)15(17)5/h9,16,19H,6-8,10-11H2,1-5H3,(H,20,21). The second-order valence-electron chi connectivity index (χ2n) is 6.05. The molecule has 0 spiro atoms. The zero-order valence-electron chi connectivity index (χ0n) is 14.0. The molecule has 21 heavy (non-hydrogen) atoms. The van der Waals surface area contributed by atoms with E-state index in [1.54, 1.807) is 0 Å². The monoisotopic (exact) mass is 291 g/mol. The van der Waals surface area contributed by atoms with Crippen molar-refractivity contribution in [2.24, 2.45) is 0 Å². The van der Waals surface area contributed by atoms with E-state index in [2.05, 4.69) is 46.0 Å². The van der Waals surface area contributed by atoms with Crippen LogP contribution in [0.25, 0.3) is 0 Å². The zero-order chi connectivity index (χ0) is 16.0. The number of carboxylic acid groups (broad SMARTS) is 1. The summed E-state index contributed by atoms with van der Waals surface area (Å²) >= 11 is 0. The first-order valence-corrected chi connectivity index (χ1v) is 7.88. The smallest absolute Gasteiger partial charge is 0.304 e. The number of hydrogen-bond donors (Lipinski definition) is 2. The Hall–Kier alpha value is -1.35. The number of rotatable bonds is 8. The number of benzene rings is 1. The molecule has 1 aromatic rings. The molecular weight excluding hydrogens is 262 g/mol. The molecule has 0 aliphatic carbocycles. The van der Waals surface area contributed by atoms with Gasteiger partial charge in [0.15, 0.2) is 0 Å². The van der Waals surface area contributed by atoms with Gasteiger partial charge >= 0.3 is 5.97 Å². The number of unbranched alkanes of at least 4 members (excludes halogenated alkanes) is 1. The third kappa shape index (κ3) is 5.16. The minimum atomic E-state index is -0.733. The molecule has 0 fully saturated rings. The van der Waals surface area contributed by atoms with Crippen LogP contribution in [0.3, 0.4) is 0 Å². The fourth-order valence-electron chi connectivity index (χ4n) is 2.76. The molecule has 0 aliphatic rings. The van der Waals surface area contributed by atoms with Crippen LogP contribution in [0.5, 0.6) is 0 Å². The number of carboxylic acids is 1. The first-order chi connectivity index (χ1) is 9.86. The third-order valence-corrected chi connectivity index (χ3v) is 4.36. The number of aryl methyl sites for hydroxylation is 2. The molecule has 0 amide bonds. The van der Waals surface area contributed by atoms with E-state index in [4.69, 9.17) is 5.11 Å². The van der Waals surface area contributed by atoms with Crippen LogP contribution < -0.4 is 5.32 Å². The molecule has 2 N–H and O–H groups in total. The summed E-state index contributed by atoms with van der Waals surface area (Å²) in [6, 6.07) is 2.22. The summed E-state index contributed by atoms with van der Waals surface area (Å²) in [5.41, 5.74) is 6.48. The van der Waals surface area contributed by atoms with Gasteiger partial charge in [-0.15, -0.1) is 0 Å². The van der Waals surface area contributed by atoms with Crippen molar-refractivity contribution < 1.29 is 9.90 Å². The Balaban J connectivity index is 2.94. The lowest BCUT2D eigenvalue weighted by Gasteiger charge is -2.21. The van der Waals surface area contributed by atoms with Gasteiger partial charge in [0.25, 0.3) is 0 Å². The molecule has 0 aliphatic heterocycles. The van der Waals surface area contributed by atoms with Crippen LogP contribution >= 0.6 is 0 Å². The van der Waals surface area contributed by atoms with Crippen molar-refractivity contribution in [1.82, 2.24) is 5.32 Å². The molecule has 1 atom stereocenters. The van der Waals surface area contributed by atoms with Gasteiger partial charge in [-0.05, 0) is 74.9 Å². The molecule has 1 aromatic carbocycles. The predicted octanol–water partition coefficient (Wildman–Crippen LogP) is 3.70. The molecule has 1 unspecified atom stereocenters. The molecule has 0 saturated carbocycles. The van der Waals surface area contributed by atoms with Crippen LogP contribution in [-0.2, 0) is 11.2 Å². The lowest BCUT2D eigenvalue weighted by atomic mass is 9.89. The highest BCUT2D eigenvalue weighted by molar-refractivity contribution is 5.67. The number of carbonyl (C=O) groups is 1. The zero-order valence-corrected chi connectivity index (χ0v) is 14.0. The van der Waals surface area contributed by atoms with E-state index in [1.807, 2.05) is 0 Å². The Labute approximate surface area is 128 Å². The van der Waals surface area contributed by atoms with Crippen LogP contribution in [0.15, 0.2) is 6.07 Å². The van der Waals surface area contributed by atoms with Crippen molar-refractivity contribution in [2.45, 2.75) is 66.3 Å². The molecule has 3 heteroatoms. The van der Waals surface area contributed by atoms with Crippen molar-refractivity contribution in [3.63, 3.8) is 0 Å². The van der Waals surface area contributed by atoms with Crippen molar-refractivity contribution in [3.8, 4) is 0 Å². The van der Waals surface area contributed by atoms with Crippen LogP contribution in [-0.4, -0.2) is 23.7 Å². The average Bonchev–Trinajstić information content (AvgIpc) is 2.40. The Morgan fingerprint density at radius 3 is 2.24 bits per heavy atom. The molecule has 0 bridgehead atoms. The maximum Gasteiger partial charge on any atom is 0.304 e. The van der Waals surface area contributed by atoms with Crippen molar-refractivity contribution in [3.05, 3.63) is 33.9 Å². The van der Waals surface area contributed by atoms with Crippen molar-refractivity contribution >= 4 is 5.97 Å². The Bertz CT molecular complexity index is 468. The largest absolute Gasteiger partial charge is 0.481 e. The number of aliphatic carboxylic acids is 1. The minimum absolute atomic E-state index is 0.00708. The normalized spacial score (nSPS) is 12.4. The van der Waals surface area contributed by atoms with E-state index in [0.29, 0.717) is 0 Å². The molecule has 0 saturated heterocycles. The highest BCUT2D eigenvalue weighted by atomic mass is 16.4. The quantitative estimate of drug-likeness (QED) is 0.718. The van der Waals surface area contributed by atoms with Gasteiger partial charge in [-0.1, -0.05) is 19.4 Å².